The predicted molar refractivity (Wildman–Crippen MR) is 89.5 cm³/mol. The van der Waals surface area contributed by atoms with Gasteiger partial charge in [0, 0.05) is 13.6 Å². The molecule has 128 valence electrons. The summed E-state index contributed by atoms with van der Waals surface area (Å²) in [5, 5.41) is 6.17. The number of nitrogens with one attached hydrogen (secondary N) is 2. The van der Waals surface area contributed by atoms with Gasteiger partial charge in [0.25, 0.3) is 0 Å². The minimum atomic E-state index is -3.63. The minimum absolute atomic E-state index is 0.0811. The lowest BCUT2D eigenvalue weighted by atomic mass is 9.81. The molecule has 0 aliphatic carbocycles. The molecule has 1 heterocycles. The van der Waals surface area contributed by atoms with E-state index in [1.54, 1.807) is 18.2 Å². The monoisotopic (exact) mass is 339 g/mol. The number of likely N-dealkylation sites (N-methyl/N-ethyl adjacent to an activating group) is 1. The molecule has 23 heavy (non-hydrogen) atoms. The molecule has 2 N–H and O–H groups in total. The Morgan fingerprint density at radius 2 is 1.87 bits per heavy atom. The van der Waals surface area contributed by atoms with Gasteiger partial charge in [0.1, 0.15) is 0 Å². The predicted octanol–water partition coefficient (Wildman–Crippen LogP) is 0.813. The first kappa shape index (κ1) is 17.9. The van der Waals surface area contributed by atoms with E-state index < -0.39 is 10.0 Å². The fourth-order valence-corrected chi connectivity index (χ4v) is 3.78. The van der Waals surface area contributed by atoms with Crippen LogP contribution in [0.4, 0.5) is 0 Å². The summed E-state index contributed by atoms with van der Waals surface area (Å²) in [5.74, 6) is -0.272. The number of rotatable bonds is 6. The molecular formula is C16H25N3O3S. The molecule has 0 bridgehead atoms. The molecule has 0 aromatic heterocycles. The van der Waals surface area contributed by atoms with Gasteiger partial charge < -0.3 is 10.6 Å². The summed E-state index contributed by atoms with van der Waals surface area (Å²) in [5.41, 5.74) is 0.0811. The molecular weight excluding hydrogens is 314 g/mol. The van der Waals surface area contributed by atoms with Gasteiger partial charge in [-0.1, -0.05) is 25.1 Å². The normalized spacial score (nSPS) is 17.9. The van der Waals surface area contributed by atoms with Crippen LogP contribution >= 0.6 is 0 Å². The van der Waals surface area contributed by atoms with Crippen LogP contribution in [0, 0.1) is 5.41 Å². The second-order valence-corrected chi connectivity index (χ2v) is 8.46. The molecule has 0 saturated carbocycles. The van der Waals surface area contributed by atoms with E-state index in [-0.39, 0.29) is 22.8 Å². The molecule has 0 radical (unpaired) electrons. The van der Waals surface area contributed by atoms with Gasteiger partial charge in [-0.2, -0.15) is 4.31 Å². The van der Waals surface area contributed by atoms with E-state index in [0.717, 1.165) is 30.2 Å². The molecule has 1 aromatic rings. The molecule has 0 atom stereocenters. The number of nitrogens with zero attached hydrogens (tertiary/aromatic N) is 1. The third kappa shape index (κ3) is 4.76. The average Bonchev–Trinajstić information content (AvgIpc) is 2.54. The summed E-state index contributed by atoms with van der Waals surface area (Å²) >= 11 is 0. The van der Waals surface area contributed by atoms with Gasteiger partial charge in [0.2, 0.25) is 15.9 Å². The van der Waals surface area contributed by atoms with Gasteiger partial charge in [0.15, 0.2) is 0 Å². The lowest BCUT2D eigenvalue weighted by Crippen LogP contribution is -2.45. The maximum atomic E-state index is 12.4. The zero-order valence-corrected chi connectivity index (χ0v) is 14.5. The molecule has 2 rings (SSSR count). The highest BCUT2D eigenvalue weighted by Gasteiger charge is 2.28. The number of carbonyl (C=O) groups is 1. The van der Waals surface area contributed by atoms with Gasteiger partial charge in [-0.25, -0.2) is 8.42 Å². The maximum absolute atomic E-state index is 12.4. The topological polar surface area (TPSA) is 78.5 Å². The van der Waals surface area contributed by atoms with Gasteiger partial charge in [-0.15, -0.1) is 0 Å². The van der Waals surface area contributed by atoms with Gasteiger partial charge in [-0.05, 0) is 43.5 Å². The number of piperidine rings is 1. The van der Waals surface area contributed by atoms with Crippen LogP contribution < -0.4 is 10.6 Å². The molecule has 1 aliphatic heterocycles. The van der Waals surface area contributed by atoms with Crippen molar-refractivity contribution in [2.45, 2.75) is 24.7 Å². The molecule has 1 fully saturated rings. The lowest BCUT2D eigenvalue weighted by Gasteiger charge is -2.34. The Kier molecular flexibility index (Phi) is 5.78. The smallest absolute Gasteiger partial charge is 0.243 e. The van der Waals surface area contributed by atoms with Crippen LogP contribution in [0.3, 0.4) is 0 Å². The number of hydrogen-bond donors (Lipinski definition) is 2. The Balaban J connectivity index is 1.89. The van der Waals surface area contributed by atoms with Crippen LogP contribution in [0.25, 0.3) is 0 Å². The second kappa shape index (κ2) is 7.42. The van der Waals surface area contributed by atoms with E-state index in [1.807, 2.05) is 0 Å². The summed E-state index contributed by atoms with van der Waals surface area (Å²) in [6.45, 7) is 4.46. The SMILES string of the molecule is CN(CC(=O)NCC1(C)CCNCC1)S(=O)(=O)c1ccccc1. The van der Waals surface area contributed by atoms with Crippen molar-refractivity contribution in [1.29, 1.82) is 0 Å². The standard InChI is InChI=1S/C16H25N3O3S/c1-16(8-10-17-11-9-16)13-18-15(20)12-19(2)23(21,22)14-6-4-3-5-7-14/h3-7,17H,8-13H2,1-2H3,(H,18,20). The van der Waals surface area contributed by atoms with E-state index in [9.17, 15) is 13.2 Å². The van der Waals surface area contributed by atoms with Crippen molar-refractivity contribution in [3.63, 3.8) is 0 Å². The Bertz CT molecular complexity index is 625. The number of benzene rings is 1. The second-order valence-electron chi connectivity index (χ2n) is 6.41. The van der Waals surface area contributed by atoms with Crippen molar-refractivity contribution in [1.82, 2.24) is 14.9 Å². The Labute approximate surface area is 138 Å². The van der Waals surface area contributed by atoms with Crippen molar-refractivity contribution >= 4 is 15.9 Å². The van der Waals surface area contributed by atoms with Crippen molar-refractivity contribution in [2.24, 2.45) is 5.41 Å². The number of amides is 1. The third-order valence-corrected chi connectivity index (χ3v) is 6.16. The summed E-state index contributed by atoms with van der Waals surface area (Å²) in [7, 11) is -2.21. The van der Waals surface area contributed by atoms with Crippen molar-refractivity contribution in [3.05, 3.63) is 30.3 Å². The third-order valence-electron chi connectivity index (χ3n) is 4.34. The molecule has 0 unspecified atom stereocenters. The van der Waals surface area contributed by atoms with Gasteiger partial charge in [-0.3, -0.25) is 4.79 Å². The molecule has 1 aromatic carbocycles. The highest BCUT2D eigenvalue weighted by Crippen LogP contribution is 2.26. The molecule has 1 saturated heterocycles. The Hall–Kier alpha value is -1.44. The number of hydrogen-bond acceptors (Lipinski definition) is 4. The summed E-state index contributed by atoms with van der Waals surface area (Å²) in [6.07, 6.45) is 2.01. The van der Waals surface area contributed by atoms with E-state index in [2.05, 4.69) is 17.6 Å². The van der Waals surface area contributed by atoms with Crippen LogP contribution in [0.5, 0.6) is 0 Å². The van der Waals surface area contributed by atoms with Gasteiger partial charge >= 0.3 is 0 Å². The molecule has 1 amide bonds. The summed E-state index contributed by atoms with van der Waals surface area (Å²) in [6, 6.07) is 8.14. The van der Waals surface area contributed by atoms with Crippen molar-refractivity contribution in [3.8, 4) is 0 Å². The Morgan fingerprint density at radius 3 is 2.48 bits per heavy atom. The zero-order chi connectivity index (χ0) is 16.9. The first-order valence-corrected chi connectivity index (χ1v) is 9.26. The fourth-order valence-electron chi connectivity index (χ4n) is 2.63. The largest absolute Gasteiger partial charge is 0.354 e. The summed E-state index contributed by atoms with van der Waals surface area (Å²) < 4.78 is 25.8. The quantitative estimate of drug-likeness (QED) is 0.804. The van der Waals surface area contributed by atoms with Crippen LogP contribution in [0.1, 0.15) is 19.8 Å². The first-order chi connectivity index (χ1) is 10.8. The minimum Gasteiger partial charge on any atom is -0.354 e. The molecule has 7 heteroatoms. The Morgan fingerprint density at radius 1 is 1.26 bits per heavy atom. The van der Waals surface area contributed by atoms with Crippen LogP contribution in [-0.4, -0.2) is 51.9 Å². The van der Waals surface area contributed by atoms with Crippen LogP contribution in [0.2, 0.25) is 0 Å². The lowest BCUT2D eigenvalue weighted by molar-refractivity contribution is -0.121. The fraction of sp³-hybridized carbons (Fsp3) is 0.562. The average molecular weight is 339 g/mol. The zero-order valence-electron chi connectivity index (χ0n) is 13.7. The van der Waals surface area contributed by atoms with E-state index in [1.165, 1.54) is 19.2 Å². The van der Waals surface area contributed by atoms with E-state index in [0.29, 0.717) is 6.54 Å². The highest BCUT2D eigenvalue weighted by atomic mass is 32.2. The summed E-state index contributed by atoms with van der Waals surface area (Å²) in [4.78, 5) is 12.3. The highest BCUT2D eigenvalue weighted by molar-refractivity contribution is 7.89. The number of sulfonamides is 1. The number of carbonyl (C=O) groups excluding carboxylic acids is 1. The van der Waals surface area contributed by atoms with E-state index >= 15 is 0 Å². The molecule has 0 spiro atoms. The first-order valence-electron chi connectivity index (χ1n) is 7.82. The van der Waals surface area contributed by atoms with Crippen LogP contribution in [0.15, 0.2) is 35.2 Å². The molecule has 1 aliphatic rings. The van der Waals surface area contributed by atoms with Crippen molar-refractivity contribution < 1.29 is 13.2 Å². The maximum Gasteiger partial charge on any atom is 0.243 e. The van der Waals surface area contributed by atoms with Crippen LogP contribution in [-0.2, 0) is 14.8 Å². The molecule has 6 nitrogen and oxygen atoms in total. The van der Waals surface area contributed by atoms with E-state index in [4.69, 9.17) is 0 Å². The van der Waals surface area contributed by atoms with Gasteiger partial charge in [0.05, 0.1) is 11.4 Å². The van der Waals surface area contributed by atoms with Crippen molar-refractivity contribution in [2.75, 3.05) is 33.2 Å².